The van der Waals surface area contributed by atoms with Crippen LogP contribution < -0.4 is 43.0 Å². The zero-order valence-corrected chi connectivity index (χ0v) is 34.5. The first-order valence-electron chi connectivity index (χ1n) is 18.1. The molecule has 24 heteroatoms. The number of phenols is 1. The van der Waals surface area contributed by atoms with Crippen molar-refractivity contribution in [1.29, 1.82) is 0 Å². The lowest BCUT2D eigenvalue weighted by Crippen LogP contribution is -2.60. The van der Waals surface area contributed by atoms with Crippen LogP contribution in [0.4, 0.5) is 0 Å². The van der Waals surface area contributed by atoms with E-state index in [1.807, 2.05) is 6.26 Å². The molecule has 1 aliphatic rings. The Morgan fingerprint density at radius 3 is 2.12 bits per heavy atom. The van der Waals surface area contributed by atoms with Crippen molar-refractivity contribution in [2.45, 2.75) is 76.0 Å². The molecule has 6 atom stereocenters. The first kappa shape index (κ1) is 49.5. The van der Waals surface area contributed by atoms with Crippen molar-refractivity contribution in [2.24, 2.45) is 5.73 Å². The molecule has 1 aromatic rings. The van der Waals surface area contributed by atoms with Crippen molar-refractivity contribution in [1.82, 2.24) is 42.1 Å². The number of carbonyl (C=O) groups is 10. The van der Waals surface area contributed by atoms with Gasteiger partial charge in [-0.1, -0.05) is 19.1 Å². The fourth-order valence-electron chi connectivity index (χ4n) is 5.22. The van der Waals surface area contributed by atoms with Gasteiger partial charge in [0, 0.05) is 23.8 Å². The van der Waals surface area contributed by atoms with E-state index in [-0.39, 0.29) is 30.9 Å². The van der Waals surface area contributed by atoms with Crippen LogP contribution >= 0.6 is 23.5 Å². The molecule has 0 spiro atoms. The Kier molecular flexibility index (Phi) is 20.4. The third-order valence-electron chi connectivity index (χ3n) is 8.22. The highest BCUT2D eigenvalue weighted by Gasteiger charge is 2.59. The van der Waals surface area contributed by atoms with Crippen LogP contribution in [0.2, 0.25) is 0 Å². The Bertz CT molecular complexity index is 1700. The number of thioether (sulfide) groups is 2. The molecular weight excluding hydrogens is 819 g/mol. The summed E-state index contributed by atoms with van der Waals surface area (Å²) in [6.45, 7) is 2.51. The Morgan fingerprint density at radius 2 is 1.56 bits per heavy atom. The van der Waals surface area contributed by atoms with Crippen LogP contribution in [0.25, 0.3) is 0 Å². The van der Waals surface area contributed by atoms with Gasteiger partial charge >= 0.3 is 5.97 Å². The van der Waals surface area contributed by atoms with Crippen LogP contribution in [-0.2, 0) is 59.1 Å². The minimum Gasteiger partial charge on any atom is -0.508 e. The van der Waals surface area contributed by atoms with E-state index in [9.17, 15) is 58.2 Å². The lowest BCUT2D eigenvalue weighted by molar-refractivity contribution is -0.140. The van der Waals surface area contributed by atoms with Gasteiger partial charge in [-0.3, -0.25) is 43.2 Å². The van der Waals surface area contributed by atoms with Crippen LogP contribution in [0.15, 0.2) is 24.3 Å². The summed E-state index contributed by atoms with van der Waals surface area (Å²) in [5.74, 6) is -7.34. The lowest BCUT2D eigenvalue weighted by Gasteiger charge is -2.27. The highest BCUT2D eigenvalue weighted by Crippen LogP contribution is 2.30. The molecule has 0 saturated carbocycles. The second-order valence-corrected chi connectivity index (χ2v) is 15.5. The number of benzene rings is 1. The van der Waals surface area contributed by atoms with Crippen molar-refractivity contribution >= 4 is 83.2 Å². The summed E-state index contributed by atoms with van der Waals surface area (Å²) >= 11 is 2.70. The topological polar surface area (TPSA) is 337 Å². The number of primary amides is 1. The Morgan fingerprint density at radius 1 is 0.915 bits per heavy atom. The number of ether oxygens (including phenoxy) is 1. The van der Waals surface area contributed by atoms with Gasteiger partial charge in [-0.2, -0.15) is 11.8 Å². The number of carbonyl (C=O) groups excluding carboxylic acids is 10. The van der Waals surface area contributed by atoms with Crippen molar-refractivity contribution in [2.75, 3.05) is 43.3 Å². The number of cyclic esters (lactones) is 1. The molecule has 11 N–H and O–H groups in total. The maximum Gasteiger partial charge on any atom is 0.375 e. The van der Waals surface area contributed by atoms with Crippen LogP contribution in [-0.4, -0.2) is 154 Å². The molecular formula is C35H51N9O13S2. The summed E-state index contributed by atoms with van der Waals surface area (Å²) in [5, 5.41) is 36.7. The largest absolute Gasteiger partial charge is 0.508 e. The molecule has 1 fully saturated rings. The number of hydrogen-bond donors (Lipinski definition) is 10. The average Bonchev–Trinajstić information content (AvgIpc) is 3.80. The lowest BCUT2D eigenvalue weighted by atomic mass is 10.1. The molecule has 0 bridgehead atoms. The van der Waals surface area contributed by atoms with Crippen molar-refractivity contribution in [3.63, 3.8) is 0 Å². The van der Waals surface area contributed by atoms with Crippen molar-refractivity contribution < 1.29 is 62.9 Å². The SMILES string of the molecule is CCCN(CC(=O)NC(C)C(=O)N[C@@H](CSCSC)C(=O)NC(C(=O)NCC(=O)NCC(=O)N[C@@]1(Cc2ccc(O)cc2)OC1=O)C(C)O)C(=O)C(CC(N)=O)NC=O. The van der Waals surface area contributed by atoms with Gasteiger partial charge in [0.05, 0.1) is 32.2 Å². The first-order valence-corrected chi connectivity index (χ1v) is 20.7. The number of hydrogen-bond acceptors (Lipinski definition) is 15. The summed E-state index contributed by atoms with van der Waals surface area (Å²) in [5.41, 5.74) is 4.14. The van der Waals surface area contributed by atoms with E-state index >= 15 is 0 Å². The molecule has 1 aromatic carbocycles. The molecule has 1 aliphatic heterocycles. The minimum absolute atomic E-state index is 0.00578. The summed E-state index contributed by atoms with van der Waals surface area (Å²) < 4.78 is 4.98. The quantitative estimate of drug-likeness (QED) is 0.0173. The normalized spacial score (nSPS) is 16.6. The molecule has 326 valence electrons. The van der Waals surface area contributed by atoms with Crippen molar-refractivity contribution in [3.05, 3.63) is 29.8 Å². The van der Waals surface area contributed by atoms with Gasteiger partial charge in [0.25, 0.3) is 5.72 Å². The zero-order chi connectivity index (χ0) is 44.3. The second-order valence-electron chi connectivity index (χ2n) is 13.2. The van der Waals surface area contributed by atoms with E-state index in [1.54, 1.807) is 6.92 Å². The molecule has 1 heterocycles. The maximum atomic E-state index is 13.4. The monoisotopic (exact) mass is 869 g/mol. The molecule has 0 aromatic heterocycles. The number of phenolic OH excluding ortho intramolecular Hbond substituents is 1. The molecule has 59 heavy (non-hydrogen) atoms. The highest BCUT2D eigenvalue weighted by atomic mass is 32.2. The predicted molar refractivity (Wildman–Crippen MR) is 212 cm³/mol. The van der Waals surface area contributed by atoms with Gasteiger partial charge in [0.1, 0.15) is 29.9 Å². The number of epoxide rings is 1. The van der Waals surface area contributed by atoms with E-state index in [0.29, 0.717) is 17.1 Å². The molecule has 1 saturated heterocycles. The fraction of sp³-hybridized carbons (Fsp3) is 0.543. The summed E-state index contributed by atoms with van der Waals surface area (Å²) in [7, 11) is 0. The van der Waals surface area contributed by atoms with E-state index in [1.165, 1.54) is 61.6 Å². The molecule has 2 rings (SSSR count). The third kappa shape index (κ3) is 17.0. The Labute approximate surface area is 348 Å². The number of aromatic hydroxyl groups is 1. The van der Waals surface area contributed by atoms with Gasteiger partial charge in [-0.05, 0) is 44.2 Å². The number of nitrogens with zero attached hydrogens (tertiary/aromatic N) is 1. The number of nitrogens with two attached hydrogens (primary N) is 1. The smallest absolute Gasteiger partial charge is 0.375 e. The number of aliphatic hydroxyl groups is 1. The molecule has 0 radical (unpaired) electrons. The van der Waals surface area contributed by atoms with Crippen LogP contribution in [0.3, 0.4) is 0 Å². The molecule has 0 aliphatic carbocycles. The van der Waals surface area contributed by atoms with Gasteiger partial charge < -0.3 is 62.8 Å². The summed E-state index contributed by atoms with van der Waals surface area (Å²) in [6.07, 6.45) is 0.423. The van der Waals surface area contributed by atoms with Crippen LogP contribution in [0, 0.1) is 0 Å². The summed E-state index contributed by atoms with van der Waals surface area (Å²) in [4.78, 5) is 126. The predicted octanol–water partition coefficient (Wildman–Crippen LogP) is -4.33. The van der Waals surface area contributed by atoms with Gasteiger partial charge in [-0.15, -0.1) is 11.8 Å². The number of amides is 9. The van der Waals surface area contributed by atoms with Gasteiger partial charge in [0.15, 0.2) is 0 Å². The average molecular weight is 870 g/mol. The van der Waals surface area contributed by atoms with E-state index in [2.05, 4.69) is 37.2 Å². The van der Waals surface area contributed by atoms with Gasteiger partial charge in [0.2, 0.25) is 53.7 Å². The standard InChI is InChI=1S/C35H51N9O13S2/c1-5-10-44(33(55)23(39-17-45)11-25(36)48)15-28(51)40-19(2)30(52)41-24(16-59-18-58-4)31(53)42-29(20(3)46)32(54)38-13-26(49)37-14-27(50)43-35(34(56)57-35)12-21-6-8-22(47)9-7-21/h6-9,17,19-20,23-24,29,46-47H,5,10-16,18H2,1-4H3,(H2,36,48)(H,37,49)(H,38,54)(H,39,45)(H,40,51)(H,41,52)(H,42,53)(H,43,50)/t19?,20?,23?,24-,29?,35-/m0/s1. The molecule has 22 nitrogen and oxygen atoms in total. The zero-order valence-electron chi connectivity index (χ0n) is 32.9. The summed E-state index contributed by atoms with van der Waals surface area (Å²) in [6, 6.07) is 0.442. The fourth-order valence-corrected chi connectivity index (χ4v) is 6.75. The van der Waals surface area contributed by atoms with E-state index in [4.69, 9.17) is 10.5 Å². The van der Waals surface area contributed by atoms with Gasteiger partial charge in [-0.25, -0.2) is 4.79 Å². The number of rotatable bonds is 27. The third-order valence-corrected chi connectivity index (χ3v) is 10.4. The Balaban J connectivity index is 1.96. The van der Waals surface area contributed by atoms with Crippen LogP contribution in [0.5, 0.6) is 5.75 Å². The highest BCUT2D eigenvalue weighted by molar-refractivity contribution is 8.15. The van der Waals surface area contributed by atoms with E-state index < -0.39 is 115 Å². The second kappa shape index (κ2) is 24.3. The maximum absolute atomic E-state index is 13.4. The molecule has 9 amide bonds. The van der Waals surface area contributed by atoms with Crippen LogP contribution in [0.1, 0.15) is 39.2 Å². The van der Waals surface area contributed by atoms with Crippen molar-refractivity contribution in [3.8, 4) is 5.75 Å². The van der Waals surface area contributed by atoms with E-state index in [0.717, 1.165) is 4.90 Å². The first-order chi connectivity index (χ1) is 27.9. The number of aliphatic hydroxyl groups excluding tert-OH is 1. The minimum atomic E-state index is -1.62. The number of nitrogens with one attached hydrogen (secondary N) is 7. The molecule has 4 unspecified atom stereocenters. The Hall–Kier alpha value is -5.62.